The van der Waals surface area contributed by atoms with Crippen molar-refractivity contribution >= 4 is 15.9 Å². The molecule has 1 aromatic heterocycles. The number of rotatable bonds is 2. The number of nitrogens with zero attached hydrogens (tertiary/aromatic N) is 1. The zero-order chi connectivity index (χ0) is 8.27. The van der Waals surface area contributed by atoms with Crippen LogP contribution in [-0.4, -0.2) is 16.5 Å². The molecule has 0 amide bonds. The Hall–Kier alpha value is -0.680. The predicted octanol–water partition coefficient (Wildman–Crippen LogP) is 0.0336. The Labute approximate surface area is 72.0 Å². The third kappa shape index (κ3) is 1.87. The zero-order valence-electron chi connectivity index (χ0n) is 5.80. The fourth-order valence-corrected chi connectivity index (χ4v) is 1.15. The first-order valence-corrected chi connectivity index (χ1v) is 3.97. The molecule has 60 valence electrons. The van der Waals surface area contributed by atoms with Crippen LogP contribution < -0.4 is 11.3 Å². The third-order valence-electron chi connectivity index (χ3n) is 1.25. The molecule has 0 saturated carbocycles. The van der Waals surface area contributed by atoms with Gasteiger partial charge >= 0.3 is 0 Å². The number of hydrogen-bond acceptors (Lipinski definition) is 3. The first-order chi connectivity index (χ1) is 5.25. The summed E-state index contributed by atoms with van der Waals surface area (Å²) in [5.74, 6) is 0. The van der Waals surface area contributed by atoms with Gasteiger partial charge in [-0.1, -0.05) is 0 Å². The van der Waals surface area contributed by atoms with Crippen molar-refractivity contribution in [2.45, 2.75) is 6.42 Å². The van der Waals surface area contributed by atoms with E-state index in [1.165, 1.54) is 6.33 Å². The first-order valence-electron chi connectivity index (χ1n) is 3.18. The lowest BCUT2D eigenvalue weighted by Crippen LogP contribution is -2.13. The minimum Gasteiger partial charge on any atom is -0.330 e. The van der Waals surface area contributed by atoms with Crippen molar-refractivity contribution in [1.29, 1.82) is 0 Å². The van der Waals surface area contributed by atoms with E-state index in [0.29, 0.717) is 23.1 Å². The maximum atomic E-state index is 10.9. The Morgan fingerprint density at radius 2 is 2.45 bits per heavy atom. The van der Waals surface area contributed by atoms with Crippen LogP contribution in [0.1, 0.15) is 5.69 Å². The lowest BCUT2D eigenvalue weighted by atomic mass is 10.3. The van der Waals surface area contributed by atoms with E-state index in [0.717, 1.165) is 0 Å². The second-order valence-electron chi connectivity index (χ2n) is 2.03. The number of H-pyrrole nitrogens is 1. The Balaban J connectivity index is 3.06. The van der Waals surface area contributed by atoms with Gasteiger partial charge in [-0.3, -0.25) is 4.79 Å². The monoisotopic (exact) mass is 217 g/mol. The normalized spacial score (nSPS) is 10.0. The highest BCUT2D eigenvalue weighted by Gasteiger charge is 2.02. The molecule has 0 aliphatic heterocycles. The number of aromatic amines is 1. The highest BCUT2D eigenvalue weighted by atomic mass is 79.9. The summed E-state index contributed by atoms with van der Waals surface area (Å²) in [6.07, 6.45) is 1.99. The largest absolute Gasteiger partial charge is 0.330 e. The molecular weight excluding hydrogens is 210 g/mol. The van der Waals surface area contributed by atoms with Crippen molar-refractivity contribution in [3.05, 3.63) is 26.8 Å². The molecule has 0 aliphatic rings. The smallest absolute Gasteiger partial charge is 0.265 e. The molecule has 0 aliphatic carbocycles. The van der Waals surface area contributed by atoms with Crippen LogP contribution in [0.15, 0.2) is 15.6 Å². The van der Waals surface area contributed by atoms with Gasteiger partial charge in [-0.15, -0.1) is 0 Å². The maximum Gasteiger partial charge on any atom is 0.265 e. The lowest BCUT2D eigenvalue weighted by Gasteiger charge is -1.97. The van der Waals surface area contributed by atoms with Crippen LogP contribution in [0.25, 0.3) is 0 Å². The van der Waals surface area contributed by atoms with Gasteiger partial charge in [-0.05, 0) is 22.5 Å². The van der Waals surface area contributed by atoms with E-state index in [9.17, 15) is 4.79 Å². The fourth-order valence-electron chi connectivity index (χ4n) is 0.731. The molecule has 5 heteroatoms. The van der Waals surface area contributed by atoms with E-state index >= 15 is 0 Å². The summed E-state index contributed by atoms with van der Waals surface area (Å²) < 4.78 is 0.477. The Kier molecular flexibility index (Phi) is 2.78. The van der Waals surface area contributed by atoms with E-state index in [1.54, 1.807) is 0 Å². The molecule has 3 N–H and O–H groups in total. The zero-order valence-corrected chi connectivity index (χ0v) is 7.39. The molecule has 0 atom stereocenters. The number of hydrogen-bond donors (Lipinski definition) is 2. The molecule has 0 radical (unpaired) electrons. The molecule has 0 unspecified atom stereocenters. The lowest BCUT2D eigenvalue weighted by molar-refractivity contribution is 0.891. The SMILES string of the molecule is NCCc1nc[nH]c(=O)c1Br. The van der Waals surface area contributed by atoms with E-state index < -0.39 is 0 Å². The van der Waals surface area contributed by atoms with E-state index in [2.05, 4.69) is 25.9 Å². The van der Waals surface area contributed by atoms with E-state index in [4.69, 9.17) is 5.73 Å². The molecule has 0 fully saturated rings. The summed E-state index contributed by atoms with van der Waals surface area (Å²) in [6.45, 7) is 0.495. The summed E-state index contributed by atoms with van der Waals surface area (Å²) in [4.78, 5) is 17.3. The highest BCUT2D eigenvalue weighted by Crippen LogP contribution is 2.06. The van der Waals surface area contributed by atoms with Crippen molar-refractivity contribution in [3.8, 4) is 0 Å². The summed E-state index contributed by atoms with van der Waals surface area (Å²) >= 11 is 3.12. The van der Waals surface area contributed by atoms with Gasteiger partial charge in [-0.2, -0.15) is 0 Å². The molecule has 1 aromatic rings. The molecule has 11 heavy (non-hydrogen) atoms. The van der Waals surface area contributed by atoms with Crippen LogP contribution in [0.3, 0.4) is 0 Å². The maximum absolute atomic E-state index is 10.9. The van der Waals surface area contributed by atoms with Gasteiger partial charge in [0.05, 0.1) is 12.0 Å². The van der Waals surface area contributed by atoms with Crippen LogP contribution in [0.2, 0.25) is 0 Å². The predicted molar refractivity (Wildman–Crippen MR) is 45.3 cm³/mol. The Bertz CT molecular complexity index is 296. The van der Waals surface area contributed by atoms with Crippen LogP contribution in [-0.2, 0) is 6.42 Å². The average Bonchev–Trinajstić information content (AvgIpc) is 1.99. The third-order valence-corrected chi connectivity index (χ3v) is 2.07. The minimum atomic E-state index is -0.163. The molecule has 0 spiro atoms. The van der Waals surface area contributed by atoms with E-state index in [-0.39, 0.29) is 5.56 Å². The first kappa shape index (κ1) is 8.42. The van der Waals surface area contributed by atoms with Crippen molar-refractivity contribution in [3.63, 3.8) is 0 Å². The van der Waals surface area contributed by atoms with Crippen LogP contribution in [0.5, 0.6) is 0 Å². The number of aromatic nitrogens is 2. The van der Waals surface area contributed by atoms with Crippen LogP contribution in [0.4, 0.5) is 0 Å². The van der Waals surface area contributed by atoms with Crippen molar-refractivity contribution < 1.29 is 0 Å². The molecule has 0 saturated heterocycles. The number of nitrogens with one attached hydrogen (secondary N) is 1. The molecular formula is C6H8BrN3O. The summed E-state index contributed by atoms with van der Waals surface area (Å²) in [7, 11) is 0. The molecule has 1 heterocycles. The van der Waals surface area contributed by atoms with Gasteiger partial charge in [0.15, 0.2) is 0 Å². The second-order valence-corrected chi connectivity index (χ2v) is 2.82. The summed E-state index contributed by atoms with van der Waals surface area (Å²) in [5.41, 5.74) is 5.85. The molecule has 0 aromatic carbocycles. The molecule has 4 nitrogen and oxygen atoms in total. The Morgan fingerprint density at radius 3 is 3.09 bits per heavy atom. The van der Waals surface area contributed by atoms with E-state index in [1.807, 2.05) is 0 Å². The molecule has 1 rings (SSSR count). The fraction of sp³-hybridized carbons (Fsp3) is 0.333. The standard InChI is InChI=1S/C6H8BrN3O/c7-5-4(1-2-8)9-3-10-6(5)11/h3H,1-2,8H2,(H,9,10,11). The van der Waals surface area contributed by atoms with Crippen molar-refractivity contribution in [2.75, 3.05) is 6.54 Å². The van der Waals surface area contributed by atoms with Crippen LogP contribution >= 0.6 is 15.9 Å². The highest BCUT2D eigenvalue weighted by molar-refractivity contribution is 9.10. The van der Waals surface area contributed by atoms with Gasteiger partial charge in [0.2, 0.25) is 0 Å². The quantitative estimate of drug-likeness (QED) is 0.735. The van der Waals surface area contributed by atoms with Crippen molar-refractivity contribution in [2.24, 2.45) is 5.73 Å². The van der Waals surface area contributed by atoms with Gasteiger partial charge in [0.1, 0.15) is 4.47 Å². The van der Waals surface area contributed by atoms with Gasteiger partial charge in [0, 0.05) is 6.42 Å². The minimum absolute atomic E-state index is 0.163. The topological polar surface area (TPSA) is 71.8 Å². The number of halogens is 1. The van der Waals surface area contributed by atoms with Crippen LogP contribution in [0, 0.1) is 0 Å². The Morgan fingerprint density at radius 1 is 1.73 bits per heavy atom. The molecule has 0 bridgehead atoms. The average molecular weight is 218 g/mol. The second kappa shape index (κ2) is 3.64. The van der Waals surface area contributed by atoms with Gasteiger partial charge in [-0.25, -0.2) is 4.98 Å². The summed E-state index contributed by atoms with van der Waals surface area (Å²) in [5, 5.41) is 0. The van der Waals surface area contributed by atoms with Crippen molar-refractivity contribution in [1.82, 2.24) is 9.97 Å². The number of nitrogens with two attached hydrogens (primary N) is 1. The van der Waals surface area contributed by atoms with Gasteiger partial charge in [0.25, 0.3) is 5.56 Å². The summed E-state index contributed by atoms with van der Waals surface area (Å²) in [6, 6.07) is 0. The van der Waals surface area contributed by atoms with Gasteiger partial charge < -0.3 is 10.7 Å².